The standard InChI is InChI=1S/C27H27N7O2/c28-20(12-16-14-31-22-8-3-1-6-18(16)22)26(35)33-24-10-5-11-30-25(24)34-27(36)21(29)13-17-15-32-23-9-4-2-7-19(17)23/h1-11,14-15,20-21,31-32H,12-13,28-29H2,(H,33,35)(H,30,34,36). The third-order valence-corrected chi connectivity index (χ3v) is 6.21. The largest absolute Gasteiger partial charge is 0.361 e. The first-order valence-corrected chi connectivity index (χ1v) is 11.7. The molecule has 0 saturated carbocycles. The first kappa shape index (κ1) is 23.3. The van der Waals surface area contributed by atoms with Crippen molar-refractivity contribution >= 4 is 45.1 Å². The van der Waals surface area contributed by atoms with Gasteiger partial charge in [-0.05, 0) is 48.2 Å². The Labute approximate surface area is 207 Å². The van der Waals surface area contributed by atoms with Gasteiger partial charge in [0.05, 0.1) is 17.8 Å². The van der Waals surface area contributed by atoms with E-state index in [1.807, 2.05) is 60.9 Å². The van der Waals surface area contributed by atoms with Crippen LogP contribution in [0.3, 0.4) is 0 Å². The second kappa shape index (κ2) is 10.0. The Balaban J connectivity index is 1.24. The van der Waals surface area contributed by atoms with Gasteiger partial charge in [-0.25, -0.2) is 4.98 Å². The first-order valence-electron chi connectivity index (χ1n) is 11.7. The molecule has 2 amide bonds. The number of carbonyl (C=O) groups is 2. The van der Waals surface area contributed by atoms with Crippen LogP contribution in [0.2, 0.25) is 0 Å². The maximum absolute atomic E-state index is 12.9. The molecule has 0 saturated heterocycles. The quantitative estimate of drug-likeness (QED) is 0.201. The normalized spacial score (nSPS) is 12.9. The molecule has 3 heterocycles. The summed E-state index contributed by atoms with van der Waals surface area (Å²) < 4.78 is 0. The summed E-state index contributed by atoms with van der Waals surface area (Å²) in [4.78, 5) is 36.3. The van der Waals surface area contributed by atoms with Crippen molar-refractivity contribution in [1.82, 2.24) is 15.0 Å². The van der Waals surface area contributed by atoms with E-state index in [0.717, 1.165) is 32.9 Å². The summed E-state index contributed by atoms with van der Waals surface area (Å²) in [6, 6.07) is 17.4. The number of hydrogen-bond donors (Lipinski definition) is 6. The lowest BCUT2D eigenvalue weighted by atomic mass is 10.0. The Morgan fingerprint density at radius 2 is 1.28 bits per heavy atom. The van der Waals surface area contributed by atoms with Gasteiger partial charge in [-0.15, -0.1) is 0 Å². The third-order valence-electron chi connectivity index (χ3n) is 6.21. The van der Waals surface area contributed by atoms with Crippen molar-refractivity contribution in [3.63, 3.8) is 0 Å². The maximum Gasteiger partial charge on any atom is 0.242 e. The minimum Gasteiger partial charge on any atom is -0.361 e. The Morgan fingerprint density at radius 1 is 0.750 bits per heavy atom. The Kier molecular flexibility index (Phi) is 6.48. The monoisotopic (exact) mass is 481 g/mol. The van der Waals surface area contributed by atoms with Crippen molar-refractivity contribution in [3.05, 3.63) is 90.4 Å². The molecule has 0 aliphatic carbocycles. The molecule has 5 rings (SSSR count). The van der Waals surface area contributed by atoms with Crippen LogP contribution in [0.1, 0.15) is 11.1 Å². The number of pyridine rings is 1. The maximum atomic E-state index is 12.9. The number of aromatic nitrogens is 3. The first-order chi connectivity index (χ1) is 17.5. The van der Waals surface area contributed by atoms with E-state index in [2.05, 4.69) is 25.6 Å². The Hall–Kier alpha value is -4.47. The summed E-state index contributed by atoms with van der Waals surface area (Å²) in [5.41, 5.74) is 16.6. The molecule has 2 aromatic carbocycles. The molecule has 36 heavy (non-hydrogen) atoms. The van der Waals surface area contributed by atoms with Gasteiger partial charge in [-0.2, -0.15) is 0 Å². The SMILES string of the molecule is NC(Cc1c[nH]c2ccccc12)C(=O)Nc1cccnc1NC(=O)C(N)Cc1c[nH]c2ccccc12. The minimum atomic E-state index is -0.807. The molecule has 182 valence electrons. The molecule has 0 aliphatic rings. The van der Waals surface area contributed by atoms with Crippen LogP contribution in [0.5, 0.6) is 0 Å². The van der Waals surface area contributed by atoms with Gasteiger partial charge < -0.3 is 32.1 Å². The van der Waals surface area contributed by atoms with Crippen LogP contribution in [-0.4, -0.2) is 38.8 Å². The van der Waals surface area contributed by atoms with Crippen molar-refractivity contribution < 1.29 is 9.59 Å². The fourth-order valence-corrected chi connectivity index (χ4v) is 4.30. The Morgan fingerprint density at radius 3 is 1.86 bits per heavy atom. The van der Waals surface area contributed by atoms with Crippen molar-refractivity contribution in [1.29, 1.82) is 0 Å². The van der Waals surface area contributed by atoms with Crippen molar-refractivity contribution in [2.75, 3.05) is 10.6 Å². The van der Waals surface area contributed by atoms with Crippen LogP contribution in [0.25, 0.3) is 21.8 Å². The van der Waals surface area contributed by atoms with Gasteiger partial charge >= 0.3 is 0 Å². The third kappa shape index (κ3) is 4.83. The van der Waals surface area contributed by atoms with E-state index in [1.165, 1.54) is 6.20 Å². The highest BCUT2D eigenvalue weighted by Crippen LogP contribution is 2.22. The number of H-pyrrole nitrogens is 2. The van der Waals surface area contributed by atoms with Gasteiger partial charge in [0.2, 0.25) is 11.8 Å². The number of rotatable bonds is 8. The molecule has 2 unspecified atom stereocenters. The highest BCUT2D eigenvalue weighted by Gasteiger charge is 2.21. The highest BCUT2D eigenvalue weighted by atomic mass is 16.2. The number of nitrogens with two attached hydrogens (primary N) is 2. The molecule has 9 heteroatoms. The predicted molar refractivity (Wildman–Crippen MR) is 141 cm³/mol. The average molecular weight is 482 g/mol. The summed E-state index contributed by atoms with van der Waals surface area (Å²) >= 11 is 0. The van der Waals surface area contributed by atoms with Crippen molar-refractivity contribution in [3.8, 4) is 0 Å². The molecular formula is C27H27N7O2. The zero-order valence-electron chi connectivity index (χ0n) is 19.5. The molecule has 3 aromatic heterocycles. The van der Waals surface area contributed by atoms with E-state index < -0.39 is 18.0 Å². The summed E-state index contributed by atoms with van der Waals surface area (Å²) in [6.07, 6.45) is 5.96. The number of carbonyl (C=O) groups excluding carboxylic acids is 2. The number of fused-ring (bicyclic) bond motifs is 2. The van der Waals surface area contributed by atoms with Gasteiger partial charge in [0.15, 0.2) is 5.82 Å². The van der Waals surface area contributed by atoms with E-state index in [-0.39, 0.29) is 11.7 Å². The lowest BCUT2D eigenvalue weighted by molar-refractivity contribution is -0.118. The van der Waals surface area contributed by atoms with E-state index in [9.17, 15) is 9.59 Å². The number of anilines is 2. The molecule has 0 aliphatic heterocycles. The zero-order chi connectivity index (χ0) is 25.1. The summed E-state index contributed by atoms with van der Waals surface area (Å²) in [5, 5.41) is 7.58. The minimum absolute atomic E-state index is 0.213. The van der Waals surface area contributed by atoms with Crippen LogP contribution >= 0.6 is 0 Å². The summed E-state index contributed by atoms with van der Waals surface area (Å²) in [5.74, 6) is -0.575. The van der Waals surface area contributed by atoms with Crippen molar-refractivity contribution in [2.45, 2.75) is 24.9 Å². The molecule has 0 radical (unpaired) electrons. The van der Waals surface area contributed by atoms with E-state index in [4.69, 9.17) is 11.5 Å². The van der Waals surface area contributed by atoms with Crippen LogP contribution < -0.4 is 22.1 Å². The summed E-state index contributed by atoms with van der Waals surface area (Å²) in [6.45, 7) is 0. The summed E-state index contributed by atoms with van der Waals surface area (Å²) in [7, 11) is 0. The molecule has 2 atom stereocenters. The van der Waals surface area contributed by atoms with Gasteiger partial charge in [-0.3, -0.25) is 9.59 Å². The molecule has 8 N–H and O–H groups in total. The number of para-hydroxylation sites is 2. The smallest absolute Gasteiger partial charge is 0.242 e. The number of amides is 2. The van der Waals surface area contributed by atoms with Gasteiger partial charge in [0.25, 0.3) is 0 Å². The average Bonchev–Trinajstić information content (AvgIpc) is 3.49. The van der Waals surface area contributed by atoms with E-state index >= 15 is 0 Å². The molecule has 9 nitrogen and oxygen atoms in total. The van der Waals surface area contributed by atoms with Crippen LogP contribution in [0, 0.1) is 0 Å². The zero-order valence-corrected chi connectivity index (χ0v) is 19.5. The second-order valence-electron chi connectivity index (χ2n) is 8.72. The molecule has 0 spiro atoms. The number of nitrogens with zero attached hydrogens (tertiary/aromatic N) is 1. The predicted octanol–water partition coefficient (Wildman–Crippen LogP) is 3.06. The fourth-order valence-electron chi connectivity index (χ4n) is 4.30. The van der Waals surface area contributed by atoms with Gasteiger partial charge in [0, 0.05) is 40.4 Å². The second-order valence-corrected chi connectivity index (χ2v) is 8.72. The van der Waals surface area contributed by atoms with Crippen LogP contribution in [-0.2, 0) is 22.4 Å². The lowest BCUT2D eigenvalue weighted by Gasteiger charge is -2.16. The van der Waals surface area contributed by atoms with Crippen LogP contribution in [0.4, 0.5) is 11.5 Å². The van der Waals surface area contributed by atoms with Gasteiger partial charge in [-0.1, -0.05) is 36.4 Å². The van der Waals surface area contributed by atoms with Gasteiger partial charge in [0.1, 0.15) is 0 Å². The van der Waals surface area contributed by atoms with E-state index in [0.29, 0.717) is 18.5 Å². The fraction of sp³-hybridized carbons (Fsp3) is 0.148. The lowest BCUT2D eigenvalue weighted by Crippen LogP contribution is -2.39. The molecule has 0 bridgehead atoms. The number of nitrogens with one attached hydrogen (secondary N) is 4. The van der Waals surface area contributed by atoms with Crippen LogP contribution in [0.15, 0.2) is 79.3 Å². The topological polar surface area (TPSA) is 155 Å². The molecule has 0 fully saturated rings. The Bertz CT molecular complexity index is 1420. The highest BCUT2D eigenvalue weighted by molar-refractivity contribution is 6.02. The number of benzene rings is 2. The van der Waals surface area contributed by atoms with Crippen molar-refractivity contribution in [2.24, 2.45) is 11.5 Å². The van der Waals surface area contributed by atoms with E-state index in [1.54, 1.807) is 12.1 Å². The number of hydrogen-bond acceptors (Lipinski definition) is 5. The number of aromatic amines is 2. The molecule has 5 aromatic rings. The molecular weight excluding hydrogens is 454 g/mol.